The number of aromatic nitrogens is 1. The van der Waals surface area contributed by atoms with Crippen LogP contribution in [0.3, 0.4) is 0 Å². The zero-order valence-corrected chi connectivity index (χ0v) is 6.98. The Balaban J connectivity index is 2.58. The van der Waals surface area contributed by atoms with Gasteiger partial charge in [0.1, 0.15) is 0 Å². The Morgan fingerprint density at radius 1 is 1.70 bits per heavy atom. The SMILES string of the molecule is CN(C)Cc1cnc(N)s1. The van der Waals surface area contributed by atoms with Gasteiger partial charge in [-0.15, -0.1) is 11.3 Å². The van der Waals surface area contributed by atoms with Gasteiger partial charge in [0, 0.05) is 17.6 Å². The number of nitrogens with zero attached hydrogens (tertiary/aromatic N) is 2. The highest BCUT2D eigenvalue weighted by molar-refractivity contribution is 7.15. The van der Waals surface area contributed by atoms with Crippen molar-refractivity contribution in [2.75, 3.05) is 19.8 Å². The molecule has 0 atom stereocenters. The molecule has 0 saturated carbocycles. The summed E-state index contributed by atoms with van der Waals surface area (Å²) in [4.78, 5) is 7.24. The maximum Gasteiger partial charge on any atom is 0.180 e. The van der Waals surface area contributed by atoms with Crippen molar-refractivity contribution >= 4 is 16.5 Å². The van der Waals surface area contributed by atoms with Crippen LogP contribution in [0.5, 0.6) is 0 Å². The van der Waals surface area contributed by atoms with E-state index in [1.807, 2.05) is 20.3 Å². The van der Waals surface area contributed by atoms with Gasteiger partial charge in [-0.2, -0.15) is 0 Å². The van der Waals surface area contributed by atoms with Gasteiger partial charge in [-0.1, -0.05) is 0 Å². The monoisotopic (exact) mass is 157 g/mol. The predicted molar refractivity (Wildman–Crippen MR) is 43.9 cm³/mol. The van der Waals surface area contributed by atoms with Crippen LogP contribution in [0.25, 0.3) is 0 Å². The summed E-state index contributed by atoms with van der Waals surface area (Å²) in [7, 11) is 4.05. The van der Waals surface area contributed by atoms with Gasteiger partial charge >= 0.3 is 0 Å². The lowest BCUT2D eigenvalue weighted by Crippen LogP contribution is -2.09. The van der Waals surface area contributed by atoms with Gasteiger partial charge in [0.15, 0.2) is 5.13 Å². The van der Waals surface area contributed by atoms with Crippen molar-refractivity contribution in [2.45, 2.75) is 6.54 Å². The fourth-order valence-corrected chi connectivity index (χ4v) is 1.51. The number of hydrogen-bond donors (Lipinski definition) is 1. The zero-order valence-electron chi connectivity index (χ0n) is 6.16. The number of nitrogens with two attached hydrogens (primary N) is 1. The zero-order chi connectivity index (χ0) is 7.56. The average Bonchev–Trinajstić information content (AvgIpc) is 2.13. The Bertz CT molecular complexity index is 207. The highest BCUT2D eigenvalue weighted by atomic mass is 32.1. The number of nitrogen functional groups attached to an aromatic ring is 1. The molecule has 56 valence electrons. The minimum absolute atomic E-state index is 0.650. The summed E-state index contributed by atoms with van der Waals surface area (Å²) in [5.41, 5.74) is 5.44. The lowest BCUT2D eigenvalue weighted by Gasteiger charge is -2.04. The van der Waals surface area contributed by atoms with Gasteiger partial charge in [-0.25, -0.2) is 4.98 Å². The molecule has 4 heteroatoms. The first kappa shape index (κ1) is 7.50. The van der Waals surface area contributed by atoms with Gasteiger partial charge in [-0.05, 0) is 14.1 Å². The fourth-order valence-electron chi connectivity index (χ4n) is 0.707. The summed E-state index contributed by atoms with van der Waals surface area (Å²) < 4.78 is 0. The summed E-state index contributed by atoms with van der Waals surface area (Å²) in [6.07, 6.45) is 1.82. The molecular weight excluding hydrogens is 146 g/mol. The molecule has 1 rings (SSSR count). The Morgan fingerprint density at radius 2 is 2.40 bits per heavy atom. The van der Waals surface area contributed by atoms with E-state index in [2.05, 4.69) is 9.88 Å². The molecular formula is C6H11N3S. The fraction of sp³-hybridized carbons (Fsp3) is 0.500. The molecule has 0 amide bonds. The molecule has 0 spiro atoms. The second-order valence-corrected chi connectivity index (χ2v) is 3.55. The molecule has 0 aliphatic carbocycles. The van der Waals surface area contributed by atoms with Gasteiger partial charge in [0.2, 0.25) is 0 Å². The summed E-state index contributed by atoms with van der Waals surface area (Å²) in [5, 5.41) is 0.650. The molecule has 1 aromatic heterocycles. The minimum Gasteiger partial charge on any atom is -0.375 e. The average molecular weight is 157 g/mol. The van der Waals surface area contributed by atoms with Crippen LogP contribution in [0.15, 0.2) is 6.20 Å². The molecule has 3 nitrogen and oxygen atoms in total. The van der Waals surface area contributed by atoms with Crippen LogP contribution >= 0.6 is 11.3 Å². The molecule has 1 aromatic rings. The van der Waals surface area contributed by atoms with Gasteiger partial charge in [0.25, 0.3) is 0 Å². The summed E-state index contributed by atoms with van der Waals surface area (Å²) in [5.74, 6) is 0. The van der Waals surface area contributed by atoms with Gasteiger partial charge in [-0.3, -0.25) is 0 Å². The predicted octanol–water partition coefficient (Wildman–Crippen LogP) is 0.787. The third-order valence-electron chi connectivity index (χ3n) is 1.04. The van der Waals surface area contributed by atoms with Crippen LogP contribution < -0.4 is 5.73 Å². The van der Waals surface area contributed by atoms with Crippen molar-refractivity contribution in [3.63, 3.8) is 0 Å². The highest BCUT2D eigenvalue weighted by Gasteiger charge is 1.98. The summed E-state index contributed by atoms with van der Waals surface area (Å²) in [6.45, 7) is 0.925. The van der Waals surface area contributed by atoms with Crippen LogP contribution in [-0.2, 0) is 6.54 Å². The number of anilines is 1. The van der Waals surface area contributed by atoms with Crippen LogP contribution in [0, 0.1) is 0 Å². The third kappa shape index (κ3) is 1.97. The number of rotatable bonds is 2. The molecule has 0 fully saturated rings. The third-order valence-corrected chi connectivity index (χ3v) is 1.85. The van der Waals surface area contributed by atoms with Gasteiger partial charge in [0.05, 0.1) is 0 Å². The van der Waals surface area contributed by atoms with Crippen LogP contribution in [0.2, 0.25) is 0 Å². The van der Waals surface area contributed by atoms with E-state index in [0.717, 1.165) is 6.54 Å². The minimum atomic E-state index is 0.650. The lowest BCUT2D eigenvalue weighted by atomic mass is 10.5. The summed E-state index contributed by atoms with van der Waals surface area (Å²) >= 11 is 1.54. The molecule has 1 heterocycles. The normalized spacial score (nSPS) is 10.7. The highest BCUT2D eigenvalue weighted by Crippen LogP contribution is 2.14. The first-order valence-corrected chi connectivity index (χ1v) is 3.85. The second kappa shape index (κ2) is 2.98. The van der Waals surface area contributed by atoms with E-state index in [1.54, 1.807) is 11.3 Å². The maximum atomic E-state index is 5.44. The van der Waals surface area contributed by atoms with E-state index in [-0.39, 0.29) is 0 Å². The Kier molecular flexibility index (Phi) is 2.24. The molecule has 0 aromatic carbocycles. The number of thiazole rings is 1. The van der Waals surface area contributed by atoms with Crippen molar-refractivity contribution in [1.82, 2.24) is 9.88 Å². The van der Waals surface area contributed by atoms with Crippen molar-refractivity contribution in [3.8, 4) is 0 Å². The van der Waals surface area contributed by atoms with Crippen LogP contribution in [0.1, 0.15) is 4.88 Å². The standard InChI is InChI=1S/C6H11N3S/c1-9(2)4-5-3-8-6(7)10-5/h3H,4H2,1-2H3,(H2,7,8). The molecule has 0 aliphatic heterocycles. The largest absolute Gasteiger partial charge is 0.375 e. The first-order valence-electron chi connectivity index (χ1n) is 3.03. The van der Waals surface area contributed by atoms with E-state index in [4.69, 9.17) is 5.73 Å². The number of hydrogen-bond acceptors (Lipinski definition) is 4. The summed E-state index contributed by atoms with van der Waals surface area (Å²) in [6, 6.07) is 0. The Hall–Kier alpha value is -0.610. The second-order valence-electron chi connectivity index (χ2n) is 2.40. The van der Waals surface area contributed by atoms with Gasteiger partial charge < -0.3 is 10.6 Å². The van der Waals surface area contributed by atoms with Crippen molar-refractivity contribution in [1.29, 1.82) is 0 Å². The Labute approximate surface area is 64.5 Å². The molecule has 0 unspecified atom stereocenters. The van der Waals surface area contributed by atoms with E-state index in [1.165, 1.54) is 4.88 Å². The van der Waals surface area contributed by atoms with Crippen molar-refractivity contribution < 1.29 is 0 Å². The molecule has 0 saturated heterocycles. The van der Waals surface area contributed by atoms with E-state index < -0.39 is 0 Å². The topological polar surface area (TPSA) is 42.2 Å². The Morgan fingerprint density at radius 3 is 2.80 bits per heavy atom. The van der Waals surface area contributed by atoms with Crippen molar-refractivity contribution in [2.24, 2.45) is 0 Å². The molecule has 2 N–H and O–H groups in total. The van der Waals surface area contributed by atoms with E-state index in [9.17, 15) is 0 Å². The molecule has 0 radical (unpaired) electrons. The van der Waals surface area contributed by atoms with E-state index >= 15 is 0 Å². The van der Waals surface area contributed by atoms with Crippen molar-refractivity contribution in [3.05, 3.63) is 11.1 Å². The smallest absolute Gasteiger partial charge is 0.180 e. The maximum absolute atomic E-state index is 5.44. The van der Waals surface area contributed by atoms with E-state index in [0.29, 0.717) is 5.13 Å². The quantitative estimate of drug-likeness (QED) is 0.690. The molecule has 0 aliphatic rings. The lowest BCUT2D eigenvalue weighted by molar-refractivity contribution is 0.406. The first-order chi connectivity index (χ1) is 4.68. The van der Waals surface area contributed by atoms with Crippen LogP contribution in [0.4, 0.5) is 5.13 Å². The van der Waals surface area contributed by atoms with Crippen LogP contribution in [-0.4, -0.2) is 24.0 Å². The molecule has 0 bridgehead atoms. The molecule has 10 heavy (non-hydrogen) atoms.